The van der Waals surface area contributed by atoms with Gasteiger partial charge in [-0.15, -0.1) is 6.42 Å². The molecule has 0 heterocycles. The van der Waals surface area contributed by atoms with Crippen LogP contribution in [-0.2, 0) is 0 Å². The summed E-state index contributed by atoms with van der Waals surface area (Å²) in [5.41, 5.74) is 6.51. The lowest BCUT2D eigenvalue weighted by Gasteiger charge is -2.21. The van der Waals surface area contributed by atoms with Gasteiger partial charge in [-0.1, -0.05) is 66.6 Å². The molecule has 0 fully saturated rings. The van der Waals surface area contributed by atoms with Crippen LogP contribution >= 0.6 is 0 Å². The van der Waals surface area contributed by atoms with Crippen LogP contribution in [0, 0.1) is 12.3 Å². The molecule has 1 nitrogen and oxygen atoms in total. The SMILES string of the molecule is C#Cc1ccc(C(O)C2c3ccccc3-c3ccccc32)cc1. The van der Waals surface area contributed by atoms with Gasteiger partial charge in [-0.25, -0.2) is 0 Å². The molecular formula is C22H16O. The Kier molecular flexibility index (Phi) is 3.26. The van der Waals surface area contributed by atoms with Crippen molar-refractivity contribution in [3.05, 3.63) is 95.1 Å². The summed E-state index contributed by atoms with van der Waals surface area (Å²) in [6, 6.07) is 24.2. The van der Waals surface area contributed by atoms with Crippen LogP contribution in [0.1, 0.15) is 34.3 Å². The summed E-state index contributed by atoms with van der Waals surface area (Å²) < 4.78 is 0. The van der Waals surface area contributed by atoms with Crippen molar-refractivity contribution < 1.29 is 5.11 Å². The molecule has 1 atom stereocenters. The van der Waals surface area contributed by atoms with E-state index >= 15 is 0 Å². The van der Waals surface area contributed by atoms with E-state index in [-0.39, 0.29) is 5.92 Å². The highest BCUT2D eigenvalue weighted by molar-refractivity contribution is 5.79. The maximum absolute atomic E-state index is 11.0. The van der Waals surface area contributed by atoms with Crippen LogP contribution in [0.5, 0.6) is 0 Å². The fourth-order valence-electron chi connectivity index (χ4n) is 3.50. The molecule has 110 valence electrons. The van der Waals surface area contributed by atoms with Gasteiger partial charge < -0.3 is 5.11 Å². The molecule has 3 aromatic rings. The number of aliphatic hydroxyl groups excluding tert-OH is 1. The van der Waals surface area contributed by atoms with Crippen LogP contribution in [-0.4, -0.2) is 5.11 Å². The fraction of sp³-hybridized carbons (Fsp3) is 0.0909. The van der Waals surface area contributed by atoms with E-state index in [0.29, 0.717) is 0 Å². The van der Waals surface area contributed by atoms with E-state index < -0.39 is 6.10 Å². The predicted molar refractivity (Wildman–Crippen MR) is 93.1 cm³/mol. The Balaban J connectivity index is 1.83. The third-order valence-electron chi connectivity index (χ3n) is 4.62. The number of aliphatic hydroxyl groups is 1. The maximum Gasteiger partial charge on any atom is 0.0899 e. The highest BCUT2D eigenvalue weighted by Gasteiger charge is 2.33. The molecule has 0 saturated carbocycles. The molecule has 0 spiro atoms. The molecule has 1 unspecified atom stereocenters. The van der Waals surface area contributed by atoms with E-state index in [1.165, 1.54) is 22.3 Å². The maximum atomic E-state index is 11.0. The molecule has 0 bridgehead atoms. The smallest absolute Gasteiger partial charge is 0.0899 e. The summed E-state index contributed by atoms with van der Waals surface area (Å²) in [5, 5.41) is 11.0. The molecule has 0 saturated heterocycles. The summed E-state index contributed by atoms with van der Waals surface area (Å²) in [6.07, 6.45) is 4.82. The Bertz CT molecular complexity index is 854. The van der Waals surface area contributed by atoms with Gasteiger partial charge in [0.2, 0.25) is 0 Å². The average molecular weight is 296 g/mol. The summed E-state index contributed by atoms with van der Waals surface area (Å²) in [5.74, 6) is 2.57. The highest BCUT2D eigenvalue weighted by atomic mass is 16.3. The van der Waals surface area contributed by atoms with Crippen molar-refractivity contribution in [3.8, 4) is 23.5 Å². The zero-order chi connectivity index (χ0) is 15.8. The normalized spacial score (nSPS) is 13.9. The number of rotatable bonds is 2. The number of terminal acetylenes is 1. The first kappa shape index (κ1) is 13.8. The van der Waals surface area contributed by atoms with Gasteiger partial charge in [-0.3, -0.25) is 0 Å². The van der Waals surface area contributed by atoms with Gasteiger partial charge in [-0.2, -0.15) is 0 Å². The van der Waals surface area contributed by atoms with Crippen LogP contribution in [0.15, 0.2) is 72.8 Å². The van der Waals surface area contributed by atoms with Crippen LogP contribution < -0.4 is 0 Å². The fourth-order valence-corrected chi connectivity index (χ4v) is 3.50. The zero-order valence-corrected chi connectivity index (χ0v) is 12.6. The Morgan fingerprint density at radius 3 is 1.83 bits per heavy atom. The molecule has 1 N–H and O–H groups in total. The lowest BCUT2D eigenvalue weighted by atomic mass is 9.87. The summed E-state index contributed by atoms with van der Waals surface area (Å²) in [6.45, 7) is 0. The Hall–Kier alpha value is -2.82. The molecular weight excluding hydrogens is 280 g/mol. The number of hydrogen-bond donors (Lipinski definition) is 1. The van der Waals surface area contributed by atoms with Crippen LogP contribution in [0.2, 0.25) is 0 Å². The minimum Gasteiger partial charge on any atom is -0.387 e. The van der Waals surface area contributed by atoms with Crippen molar-refractivity contribution in [2.45, 2.75) is 12.0 Å². The Labute approximate surface area is 136 Å². The van der Waals surface area contributed by atoms with Gasteiger partial charge in [0.1, 0.15) is 0 Å². The molecule has 4 rings (SSSR count). The largest absolute Gasteiger partial charge is 0.387 e. The zero-order valence-electron chi connectivity index (χ0n) is 12.6. The standard InChI is InChI=1S/C22H16O/c1-2-15-11-13-16(14-12-15)22(23)21-19-9-5-3-7-17(19)18-8-4-6-10-20(18)21/h1,3-14,21-23H. The quantitative estimate of drug-likeness (QED) is 0.690. The van der Waals surface area contributed by atoms with Crippen LogP contribution in [0.4, 0.5) is 0 Å². The highest BCUT2D eigenvalue weighted by Crippen LogP contribution is 2.49. The third kappa shape index (κ3) is 2.16. The summed E-state index contributed by atoms with van der Waals surface area (Å²) in [4.78, 5) is 0. The molecule has 1 aliphatic carbocycles. The van der Waals surface area contributed by atoms with E-state index in [1.54, 1.807) is 0 Å². The molecule has 0 radical (unpaired) electrons. The Morgan fingerprint density at radius 1 is 0.783 bits per heavy atom. The number of benzene rings is 3. The first-order valence-electron chi connectivity index (χ1n) is 7.72. The molecule has 0 aromatic heterocycles. The van der Waals surface area contributed by atoms with E-state index in [4.69, 9.17) is 6.42 Å². The lowest BCUT2D eigenvalue weighted by Crippen LogP contribution is -2.10. The summed E-state index contributed by atoms with van der Waals surface area (Å²) >= 11 is 0. The van der Waals surface area contributed by atoms with E-state index in [1.807, 2.05) is 48.5 Å². The van der Waals surface area contributed by atoms with E-state index in [9.17, 15) is 5.11 Å². The Morgan fingerprint density at radius 2 is 1.30 bits per heavy atom. The van der Waals surface area contributed by atoms with Crippen molar-refractivity contribution in [3.63, 3.8) is 0 Å². The van der Waals surface area contributed by atoms with Gasteiger partial charge in [0.25, 0.3) is 0 Å². The second-order valence-electron chi connectivity index (χ2n) is 5.86. The van der Waals surface area contributed by atoms with Gasteiger partial charge >= 0.3 is 0 Å². The average Bonchev–Trinajstić information content (AvgIpc) is 2.96. The first-order valence-corrected chi connectivity index (χ1v) is 7.72. The van der Waals surface area contributed by atoms with Crippen molar-refractivity contribution in [1.29, 1.82) is 0 Å². The predicted octanol–water partition coefficient (Wildman–Crippen LogP) is 4.51. The first-order chi connectivity index (χ1) is 11.3. The van der Waals surface area contributed by atoms with Gasteiger partial charge in [0.05, 0.1) is 6.10 Å². The molecule has 23 heavy (non-hydrogen) atoms. The van der Waals surface area contributed by atoms with Gasteiger partial charge in [-0.05, 0) is 39.9 Å². The number of fused-ring (bicyclic) bond motifs is 3. The van der Waals surface area contributed by atoms with Crippen LogP contribution in [0.3, 0.4) is 0 Å². The molecule has 1 heteroatoms. The topological polar surface area (TPSA) is 20.2 Å². The van der Waals surface area contributed by atoms with Gasteiger partial charge in [0, 0.05) is 11.5 Å². The monoisotopic (exact) mass is 296 g/mol. The van der Waals surface area contributed by atoms with E-state index in [2.05, 4.69) is 30.2 Å². The third-order valence-corrected chi connectivity index (χ3v) is 4.62. The van der Waals surface area contributed by atoms with Crippen molar-refractivity contribution in [2.24, 2.45) is 0 Å². The van der Waals surface area contributed by atoms with E-state index in [0.717, 1.165) is 11.1 Å². The number of hydrogen-bond acceptors (Lipinski definition) is 1. The summed E-state index contributed by atoms with van der Waals surface area (Å²) in [7, 11) is 0. The van der Waals surface area contributed by atoms with Crippen LogP contribution in [0.25, 0.3) is 11.1 Å². The minimum absolute atomic E-state index is 0.0425. The molecule has 3 aromatic carbocycles. The second-order valence-corrected chi connectivity index (χ2v) is 5.86. The van der Waals surface area contributed by atoms with Crippen molar-refractivity contribution >= 4 is 0 Å². The molecule has 0 amide bonds. The van der Waals surface area contributed by atoms with Gasteiger partial charge in [0.15, 0.2) is 0 Å². The lowest BCUT2D eigenvalue weighted by molar-refractivity contribution is 0.160. The van der Waals surface area contributed by atoms with Crippen molar-refractivity contribution in [2.75, 3.05) is 0 Å². The second kappa shape index (κ2) is 5.43. The van der Waals surface area contributed by atoms with Crippen molar-refractivity contribution in [1.82, 2.24) is 0 Å². The molecule has 0 aliphatic heterocycles. The molecule has 1 aliphatic rings. The minimum atomic E-state index is -0.591.